The van der Waals surface area contributed by atoms with Crippen LogP contribution in [-0.2, 0) is 6.54 Å². The minimum atomic E-state index is 0.0234. The molecule has 6 heteroatoms. The predicted octanol–water partition coefficient (Wildman–Crippen LogP) is 2.55. The Labute approximate surface area is 140 Å². The van der Waals surface area contributed by atoms with Gasteiger partial charge in [-0.25, -0.2) is 4.98 Å². The Morgan fingerprint density at radius 2 is 1.71 bits per heavy atom. The Morgan fingerprint density at radius 3 is 2.46 bits per heavy atom. The van der Waals surface area contributed by atoms with E-state index >= 15 is 0 Å². The summed E-state index contributed by atoms with van der Waals surface area (Å²) in [5, 5.41) is 15.3. The van der Waals surface area contributed by atoms with Crippen molar-refractivity contribution in [3.8, 4) is 11.3 Å². The van der Waals surface area contributed by atoms with Gasteiger partial charge >= 0.3 is 0 Å². The fraction of sp³-hybridized carbons (Fsp3) is 0.167. The van der Waals surface area contributed by atoms with Crippen LogP contribution in [0.15, 0.2) is 60.9 Å². The molecule has 0 saturated heterocycles. The number of pyridine rings is 1. The molecular formula is C18H19N5O. The summed E-state index contributed by atoms with van der Waals surface area (Å²) in [5.74, 6) is 1.20. The first kappa shape index (κ1) is 15.9. The predicted molar refractivity (Wildman–Crippen MR) is 94.6 cm³/mol. The number of rotatable bonds is 7. The maximum Gasteiger partial charge on any atom is 0.225 e. The van der Waals surface area contributed by atoms with Crippen molar-refractivity contribution in [1.82, 2.24) is 15.0 Å². The normalized spacial score (nSPS) is 10.4. The molecule has 2 aromatic heterocycles. The second-order valence-electron chi connectivity index (χ2n) is 5.19. The number of aromatic nitrogens is 3. The molecule has 0 radical (unpaired) electrons. The molecule has 2 heterocycles. The molecule has 0 saturated carbocycles. The van der Waals surface area contributed by atoms with Gasteiger partial charge in [0.25, 0.3) is 0 Å². The van der Waals surface area contributed by atoms with E-state index in [1.165, 1.54) is 5.56 Å². The van der Waals surface area contributed by atoms with E-state index < -0.39 is 0 Å². The zero-order valence-corrected chi connectivity index (χ0v) is 13.2. The highest BCUT2D eigenvalue weighted by Gasteiger charge is 2.06. The Bertz CT molecular complexity index is 765. The van der Waals surface area contributed by atoms with Gasteiger partial charge < -0.3 is 15.7 Å². The molecule has 0 unspecified atom stereocenters. The third-order valence-corrected chi connectivity index (χ3v) is 3.41. The van der Waals surface area contributed by atoms with Crippen molar-refractivity contribution in [1.29, 1.82) is 0 Å². The number of nitrogens with one attached hydrogen (secondary N) is 2. The van der Waals surface area contributed by atoms with E-state index in [9.17, 15) is 0 Å². The lowest BCUT2D eigenvalue weighted by Gasteiger charge is -2.11. The van der Waals surface area contributed by atoms with Crippen LogP contribution in [0, 0.1) is 0 Å². The molecule has 3 aromatic rings. The Hall–Kier alpha value is -2.99. The van der Waals surface area contributed by atoms with Crippen molar-refractivity contribution in [2.24, 2.45) is 0 Å². The van der Waals surface area contributed by atoms with E-state index in [1.54, 1.807) is 12.4 Å². The third-order valence-electron chi connectivity index (χ3n) is 3.41. The maximum atomic E-state index is 8.99. The summed E-state index contributed by atoms with van der Waals surface area (Å²) >= 11 is 0. The molecule has 122 valence electrons. The molecule has 0 atom stereocenters. The molecule has 0 bridgehead atoms. The molecule has 0 aliphatic heterocycles. The number of nitrogens with zero attached hydrogens (tertiary/aromatic N) is 3. The molecule has 0 aliphatic carbocycles. The van der Waals surface area contributed by atoms with Crippen molar-refractivity contribution < 1.29 is 5.11 Å². The summed E-state index contributed by atoms with van der Waals surface area (Å²) in [4.78, 5) is 13.0. The average Bonchev–Trinajstić information content (AvgIpc) is 2.66. The Balaban J connectivity index is 1.84. The van der Waals surface area contributed by atoms with Crippen molar-refractivity contribution in [3.05, 3.63) is 66.5 Å². The third kappa shape index (κ3) is 4.27. The number of benzene rings is 1. The van der Waals surface area contributed by atoms with E-state index in [-0.39, 0.29) is 6.61 Å². The van der Waals surface area contributed by atoms with E-state index in [0.717, 1.165) is 17.1 Å². The Morgan fingerprint density at radius 1 is 0.917 bits per heavy atom. The van der Waals surface area contributed by atoms with Gasteiger partial charge in [0.05, 0.1) is 12.3 Å². The molecule has 0 amide bonds. The molecule has 0 spiro atoms. The second kappa shape index (κ2) is 8.03. The van der Waals surface area contributed by atoms with E-state index in [4.69, 9.17) is 5.11 Å². The number of hydrogen-bond donors (Lipinski definition) is 3. The molecule has 6 nitrogen and oxygen atoms in total. The molecule has 1 aromatic carbocycles. The topological polar surface area (TPSA) is 83.0 Å². The first-order valence-corrected chi connectivity index (χ1v) is 7.77. The summed E-state index contributed by atoms with van der Waals surface area (Å²) < 4.78 is 0. The van der Waals surface area contributed by atoms with Gasteiger partial charge in [-0.2, -0.15) is 4.98 Å². The fourth-order valence-electron chi connectivity index (χ4n) is 2.24. The van der Waals surface area contributed by atoms with Gasteiger partial charge in [0, 0.05) is 37.1 Å². The van der Waals surface area contributed by atoms with E-state index in [2.05, 4.69) is 37.7 Å². The largest absolute Gasteiger partial charge is 0.395 e. The van der Waals surface area contributed by atoms with Gasteiger partial charge in [0.2, 0.25) is 5.95 Å². The monoisotopic (exact) mass is 321 g/mol. The fourth-order valence-corrected chi connectivity index (χ4v) is 2.24. The first-order chi connectivity index (χ1) is 11.8. The van der Waals surface area contributed by atoms with Gasteiger partial charge in [0.1, 0.15) is 5.82 Å². The van der Waals surface area contributed by atoms with Crippen molar-refractivity contribution >= 4 is 11.8 Å². The lowest BCUT2D eigenvalue weighted by Crippen LogP contribution is -2.11. The van der Waals surface area contributed by atoms with Crippen LogP contribution in [0.2, 0.25) is 0 Å². The molecule has 3 N–H and O–H groups in total. The summed E-state index contributed by atoms with van der Waals surface area (Å²) in [6, 6.07) is 15.8. The van der Waals surface area contributed by atoms with Crippen molar-refractivity contribution in [2.45, 2.75) is 6.54 Å². The highest BCUT2D eigenvalue weighted by atomic mass is 16.3. The Kier molecular flexibility index (Phi) is 5.32. The van der Waals surface area contributed by atoms with E-state index in [0.29, 0.717) is 19.0 Å². The van der Waals surface area contributed by atoms with Crippen LogP contribution >= 0.6 is 0 Å². The van der Waals surface area contributed by atoms with Crippen LogP contribution in [0.4, 0.5) is 11.8 Å². The van der Waals surface area contributed by atoms with Gasteiger partial charge in [-0.05, 0) is 17.7 Å². The van der Waals surface area contributed by atoms with Crippen LogP contribution in [0.1, 0.15) is 5.56 Å². The highest BCUT2D eigenvalue weighted by molar-refractivity contribution is 5.63. The minimum absolute atomic E-state index is 0.0234. The van der Waals surface area contributed by atoms with Gasteiger partial charge in [-0.15, -0.1) is 0 Å². The van der Waals surface area contributed by atoms with Crippen LogP contribution in [0.3, 0.4) is 0 Å². The van der Waals surface area contributed by atoms with Crippen molar-refractivity contribution in [3.63, 3.8) is 0 Å². The first-order valence-electron chi connectivity index (χ1n) is 7.77. The second-order valence-corrected chi connectivity index (χ2v) is 5.19. The lowest BCUT2D eigenvalue weighted by atomic mass is 10.2. The zero-order valence-electron chi connectivity index (χ0n) is 13.2. The smallest absolute Gasteiger partial charge is 0.225 e. The molecule has 0 aliphatic rings. The maximum absolute atomic E-state index is 8.99. The van der Waals surface area contributed by atoms with Gasteiger partial charge in [-0.1, -0.05) is 30.3 Å². The molecule has 24 heavy (non-hydrogen) atoms. The number of aliphatic hydroxyl groups is 1. The molecular weight excluding hydrogens is 302 g/mol. The molecule has 0 fully saturated rings. The summed E-state index contributed by atoms with van der Waals surface area (Å²) in [7, 11) is 0. The summed E-state index contributed by atoms with van der Waals surface area (Å²) in [5.41, 5.74) is 2.93. The average molecular weight is 321 g/mol. The quantitative estimate of drug-likeness (QED) is 0.620. The van der Waals surface area contributed by atoms with Crippen LogP contribution in [0.25, 0.3) is 11.3 Å². The standard InChI is InChI=1S/C18H19N5O/c24-11-10-20-18-22-16(15-6-8-19-9-7-15)12-17(23-18)21-13-14-4-2-1-3-5-14/h1-9,12,24H,10-11,13H2,(H2,20,21,22,23). The number of aliphatic hydroxyl groups excluding tert-OH is 1. The van der Waals surface area contributed by atoms with Gasteiger partial charge in [-0.3, -0.25) is 4.98 Å². The zero-order chi connectivity index (χ0) is 16.6. The lowest BCUT2D eigenvalue weighted by molar-refractivity contribution is 0.311. The molecule has 3 rings (SSSR count). The van der Waals surface area contributed by atoms with Crippen LogP contribution in [0.5, 0.6) is 0 Å². The van der Waals surface area contributed by atoms with E-state index in [1.807, 2.05) is 36.4 Å². The SMILES string of the molecule is OCCNc1nc(NCc2ccccc2)cc(-c2ccncc2)n1. The van der Waals surface area contributed by atoms with Gasteiger partial charge in [0.15, 0.2) is 0 Å². The minimum Gasteiger partial charge on any atom is -0.395 e. The van der Waals surface area contributed by atoms with Crippen molar-refractivity contribution in [2.75, 3.05) is 23.8 Å². The van der Waals surface area contributed by atoms with Crippen LogP contribution in [-0.4, -0.2) is 33.2 Å². The van der Waals surface area contributed by atoms with Crippen LogP contribution < -0.4 is 10.6 Å². The summed E-state index contributed by atoms with van der Waals surface area (Å²) in [6.07, 6.45) is 3.46. The number of anilines is 2. The summed E-state index contributed by atoms with van der Waals surface area (Å²) in [6.45, 7) is 1.10. The number of hydrogen-bond acceptors (Lipinski definition) is 6. The highest BCUT2D eigenvalue weighted by Crippen LogP contribution is 2.21.